The summed E-state index contributed by atoms with van der Waals surface area (Å²) in [6, 6.07) is 12.4. The number of sulfone groups is 1. The summed E-state index contributed by atoms with van der Waals surface area (Å²) < 4.78 is 26.4. The fourth-order valence-electron chi connectivity index (χ4n) is 3.15. The van der Waals surface area contributed by atoms with Crippen molar-refractivity contribution in [3.63, 3.8) is 0 Å². The van der Waals surface area contributed by atoms with Gasteiger partial charge in [-0.05, 0) is 48.0 Å². The second kappa shape index (κ2) is 8.96. The maximum absolute atomic E-state index is 12.9. The van der Waals surface area contributed by atoms with Crippen molar-refractivity contribution in [1.82, 2.24) is 9.55 Å². The number of hydrogen-bond donors (Lipinski definition) is 0. The molecule has 0 radical (unpaired) electrons. The van der Waals surface area contributed by atoms with E-state index in [0.29, 0.717) is 31.5 Å². The first kappa shape index (κ1) is 22.9. The average molecular weight is 528 g/mol. The van der Waals surface area contributed by atoms with E-state index in [4.69, 9.17) is 34.8 Å². The molecular formula is C21H13Cl3N2O4S2. The van der Waals surface area contributed by atoms with Crippen LogP contribution in [0.5, 0.6) is 0 Å². The quantitative estimate of drug-likeness (QED) is 0.352. The van der Waals surface area contributed by atoms with Gasteiger partial charge in [-0.3, -0.25) is 14.2 Å². The highest BCUT2D eigenvalue weighted by Crippen LogP contribution is 2.27. The minimum atomic E-state index is -3.76. The molecule has 0 aliphatic rings. The Bertz CT molecular complexity index is 1530. The van der Waals surface area contributed by atoms with Crippen molar-refractivity contribution in [1.29, 1.82) is 0 Å². The van der Waals surface area contributed by atoms with Crippen molar-refractivity contribution in [3.8, 4) is 5.69 Å². The van der Waals surface area contributed by atoms with Crippen molar-refractivity contribution >= 4 is 72.7 Å². The summed E-state index contributed by atoms with van der Waals surface area (Å²) in [5.41, 5.74) is 1.06. The van der Waals surface area contributed by atoms with Gasteiger partial charge >= 0.3 is 0 Å². The number of Topliss-reactive ketones (excluding diaryl/α,β-unsaturated/α-hetero) is 1. The fraction of sp³-hybridized carbons (Fsp3) is 0.0952. The highest BCUT2D eigenvalue weighted by Gasteiger charge is 2.21. The van der Waals surface area contributed by atoms with Crippen molar-refractivity contribution in [2.24, 2.45) is 0 Å². The molecule has 0 atom stereocenters. The van der Waals surface area contributed by atoms with Gasteiger partial charge in [-0.1, -0.05) is 40.9 Å². The minimum Gasteiger partial charge on any atom is -0.298 e. The Kier molecular flexibility index (Phi) is 6.42. The molecule has 0 aliphatic carbocycles. The van der Waals surface area contributed by atoms with Gasteiger partial charge in [0.1, 0.15) is 16.3 Å². The number of carbonyl (C=O) groups is 1. The van der Waals surface area contributed by atoms with Crippen LogP contribution in [0.4, 0.5) is 0 Å². The van der Waals surface area contributed by atoms with Gasteiger partial charge in [-0.2, -0.15) is 0 Å². The molecule has 4 aromatic rings. The molecule has 0 bridgehead atoms. The lowest BCUT2D eigenvalue weighted by atomic mass is 10.1. The Morgan fingerprint density at radius 3 is 2.50 bits per heavy atom. The van der Waals surface area contributed by atoms with E-state index in [1.165, 1.54) is 35.2 Å². The van der Waals surface area contributed by atoms with Crippen LogP contribution < -0.4 is 5.56 Å². The molecule has 0 aliphatic heterocycles. The Balaban J connectivity index is 1.58. The second-order valence-corrected chi connectivity index (χ2v) is 11.7. The minimum absolute atomic E-state index is 0.0486. The number of nitrogens with zero attached hydrogens (tertiary/aromatic N) is 2. The standard InChI is InChI=1S/C21H13Cl3N2O4S2/c22-13-2-3-17-15(9-13)21(28)26(11-25-17)18-4-1-12(8-16(18)23)7-14(27)10-32(29,30)20-6-5-19(24)31-20/h1-6,8-9,11H,7,10H2. The Morgan fingerprint density at radius 1 is 1.03 bits per heavy atom. The lowest BCUT2D eigenvalue weighted by Crippen LogP contribution is -2.19. The van der Waals surface area contributed by atoms with Gasteiger partial charge in [0, 0.05) is 11.4 Å². The van der Waals surface area contributed by atoms with Crippen LogP contribution >= 0.6 is 46.1 Å². The molecule has 2 aromatic carbocycles. The monoisotopic (exact) mass is 526 g/mol. The lowest BCUT2D eigenvalue weighted by molar-refractivity contribution is -0.116. The number of halogens is 3. The number of aromatic nitrogens is 2. The third-order valence-electron chi connectivity index (χ3n) is 4.60. The van der Waals surface area contributed by atoms with Crippen molar-refractivity contribution in [3.05, 3.63) is 85.2 Å². The number of carbonyl (C=O) groups excluding carboxylic acids is 1. The van der Waals surface area contributed by atoms with Crippen molar-refractivity contribution < 1.29 is 13.2 Å². The average Bonchev–Trinajstić information content (AvgIpc) is 3.16. The number of rotatable bonds is 6. The molecule has 0 spiro atoms. The zero-order chi connectivity index (χ0) is 23.0. The van der Waals surface area contributed by atoms with E-state index in [9.17, 15) is 18.0 Å². The van der Waals surface area contributed by atoms with E-state index in [1.807, 2.05) is 0 Å². The number of thiophene rings is 1. The highest BCUT2D eigenvalue weighted by molar-refractivity contribution is 7.94. The SMILES string of the molecule is O=C(Cc1ccc(-n2cnc3ccc(Cl)cc3c2=O)c(Cl)c1)CS(=O)(=O)c1ccc(Cl)s1. The van der Waals surface area contributed by atoms with Crippen LogP contribution in [0.2, 0.25) is 14.4 Å². The molecule has 0 saturated heterocycles. The smallest absolute Gasteiger partial charge is 0.265 e. The number of ketones is 1. The molecule has 0 saturated carbocycles. The molecule has 0 N–H and O–H groups in total. The number of fused-ring (bicyclic) bond motifs is 1. The third-order valence-corrected chi connectivity index (χ3v) is 8.63. The van der Waals surface area contributed by atoms with Crippen LogP contribution in [0.1, 0.15) is 5.56 Å². The van der Waals surface area contributed by atoms with E-state index >= 15 is 0 Å². The molecule has 6 nitrogen and oxygen atoms in total. The van der Waals surface area contributed by atoms with E-state index in [1.54, 1.807) is 24.3 Å². The molecule has 11 heteroatoms. The first-order valence-corrected chi connectivity index (χ1v) is 12.7. The summed E-state index contributed by atoms with van der Waals surface area (Å²) in [5.74, 6) is -1.13. The zero-order valence-corrected chi connectivity index (χ0v) is 20.0. The molecule has 164 valence electrons. The number of benzene rings is 2. The summed E-state index contributed by atoms with van der Waals surface area (Å²) >= 11 is 19.1. The maximum atomic E-state index is 12.9. The number of hydrogen-bond acceptors (Lipinski definition) is 6. The van der Waals surface area contributed by atoms with Gasteiger partial charge in [0.05, 0.1) is 25.9 Å². The van der Waals surface area contributed by atoms with Gasteiger partial charge in [0.25, 0.3) is 5.56 Å². The zero-order valence-electron chi connectivity index (χ0n) is 16.1. The first-order chi connectivity index (χ1) is 15.1. The van der Waals surface area contributed by atoms with Crippen LogP contribution in [0.3, 0.4) is 0 Å². The van der Waals surface area contributed by atoms with Gasteiger partial charge < -0.3 is 0 Å². The Hall–Kier alpha value is -2.23. The summed E-state index contributed by atoms with van der Waals surface area (Å²) in [4.78, 5) is 29.5. The largest absolute Gasteiger partial charge is 0.298 e. The van der Waals surface area contributed by atoms with Crippen LogP contribution in [-0.4, -0.2) is 29.5 Å². The first-order valence-electron chi connectivity index (χ1n) is 9.09. The van der Waals surface area contributed by atoms with Crippen LogP contribution in [-0.2, 0) is 21.1 Å². The molecule has 2 aromatic heterocycles. The molecule has 2 heterocycles. The van der Waals surface area contributed by atoms with E-state index in [0.717, 1.165) is 11.3 Å². The summed E-state index contributed by atoms with van der Waals surface area (Å²) in [6.07, 6.45) is 1.24. The van der Waals surface area contributed by atoms with Crippen LogP contribution in [0, 0.1) is 0 Å². The van der Waals surface area contributed by atoms with Crippen LogP contribution in [0.25, 0.3) is 16.6 Å². The summed E-state index contributed by atoms with van der Waals surface area (Å²) in [5, 5.41) is 0.969. The van der Waals surface area contributed by atoms with Gasteiger partial charge in [-0.15, -0.1) is 11.3 Å². The van der Waals surface area contributed by atoms with Gasteiger partial charge in [-0.25, -0.2) is 13.4 Å². The predicted octanol–water partition coefficient (Wildman–Crippen LogP) is 4.99. The normalized spacial score (nSPS) is 11.7. The molecule has 32 heavy (non-hydrogen) atoms. The predicted molar refractivity (Wildman–Crippen MR) is 127 cm³/mol. The fourth-order valence-corrected chi connectivity index (χ4v) is 6.43. The van der Waals surface area contributed by atoms with Gasteiger partial charge in [0.2, 0.25) is 0 Å². The molecule has 0 amide bonds. The third kappa shape index (κ3) is 4.74. The molecule has 4 rings (SSSR count). The van der Waals surface area contributed by atoms with E-state index < -0.39 is 21.4 Å². The summed E-state index contributed by atoms with van der Waals surface area (Å²) in [6.45, 7) is 0. The van der Waals surface area contributed by atoms with E-state index in [2.05, 4.69) is 4.98 Å². The molecular weight excluding hydrogens is 515 g/mol. The Labute approximate surface area is 201 Å². The lowest BCUT2D eigenvalue weighted by Gasteiger charge is -2.10. The van der Waals surface area contributed by atoms with E-state index in [-0.39, 0.29) is 21.2 Å². The second-order valence-electron chi connectivity index (χ2n) is 6.90. The molecule has 0 fully saturated rings. The Morgan fingerprint density at radius 2 is 1.81 bits per heavy atom. The maximum Gasteiger partial charge on any atom is 0.265 e. The highest BCUT2D eigenvalue weighted by atomic mass is 35.5. The van der Waals surface area contributed by atoms with Crippen molar-refractivity contribution in [2.45, 2.75) is 10.6 Å². The molecule has 0 unspecified atom stereocenters. The van der Waals surface area contributed by atoms with Crippen LogP contribution in [0.15, 0.2) is 63.9 Å². The summed E-state index contributed by atoms with van der Waals surface area (Å²) in [7, 11) is -3.76. The van der Waals surface area contributed by atoms with Gasteiger partial charge in [0.15, 0.2) is 15.6 Å². The van der Waals surface area contributed by atoms with Crippen molar-refractivity contribution in [2.75, 3.05) is 5.75 Å². The topological polar surface area (TPSA) is 86.1 Å².